The molecule has 0 aliphatic carbocycles. The van der Waals surface area contributed by atoms with Crippen molar-refractivity contribution in [2.75, 3.05) is 109 Å². The van der Waals surface area contributed by atoms with Crippen molar-refractivity contribution in [3.63, 3.8) is 0 Å². The van der Waals surface area contributed by atoms with E-state index in [1.807, 2.05) is 41.5 Å². The molecule has 0 saturated carbocycles. The van der Waals surface area contributed by atoms with Gasteiger partial charge >= 0.3 is 12.2 Å². The van der Waals surface area contributed by atoms with Crippen LogP contribution in [0.3, 0.4) is 0 Å². The number of hydrogen-bond acceptors (Lipinski definition) is 18. The zero-order valence-corrected chi connectivity index (χ0v) is 68.5. The summed E-state index contributed by atoms with van der Waals surface area (Å²) in [7, 11) is -0.664. The molecule has 8 heterocycles. The first-order chi connectivity index (χ1) is 54.8. The predicted octanol–water partition coefficient (Wildman–Crippen LogP) is 10.7. The zero-order valence-electron chi connectivity index (χ0n) is 66.2. The molecule has 8 amide bonds. The van der Waals surface area contributed by atoms with Gasteiger partial charge < -0.3 is 64.4 Å². The first-order valence-corrected chi connectivity index (χ1v) is 40.3. The highest BCUT2D eigenvalue weighted by Gasteiger charge is 2.38. The van der Waals surface area contributed by atoms with Gasteiger partial charge in [-0.15, -0.1) is 0 Å². The van der Waals surface area contributed by atoms with Crippen molar-refractivity contribution < 1.29 is 78.0 Å². The highest BCUT2D eigenvalue weighted by atomic mass is 35.5. The van der Waals surface area contributed by atoms with E-state index >= 15 is 17.6 Å². The molecule has 620 valence electrons. The van der Waals surface area contributed by atoms with Gasteiger partial charge in [-0.25, -0.2) is 37.1 Å². The lowest BCUT2D eigenvalue weighted by molar-refractivity contribution is -0.139. The van der Waals surface area contributed by atoms with Crippen molar-refractivity contribution >= 4 is 92.3 Å². The Morgan fingerprint density at radius 3 is 1.18 bits per heavy atom. The average molecular weight is 1670 g/mol. The molecule has 30 nitrogen and oxygen atoms in total. The van der Waals surface area contributed by atoms with E-state index in [2.05, 4.69) is 30.8 Å². The van der Waals surface area contributed by atoms with E-state index in [9.17, 15) is 46.8 Å². The smallest absolute Gasteiger partial charge is 0.410 e. The van der Waals surface area contributed by atoms with E-state index in [1.54, 1.807) is 47.9 Å². The molecule has 0 bridgehead atoms. The topological polar surface area (TPSA) is 339 Å². The van der Waals surface area contributed by atoms with Crippen LogP contribution in [0.15, 0.2) is 85.5 Å². The molecule has 0 radical (unpaired) electrons. The maximum absolute atomic E-state index is 15.6. The Balaban J connectivity index is 0.000000229. The number of anilines is 2. The summed E-state index contributed by atoms with van der Waals surface area (Å²) >= 11 is 13.1. The Hall–Kier alpha value is -10.7. The molecule has 4 aliphatic rings. The second-order valence-corrected chi connectivity index (χ2v) is 33.2. The van der Waals surface area contributed by atoms with Crippen LogP contribution < -0.4 is 16.4 Å². The number of nitrogens with zero attached hydrogens (tertiary/aromatic N) is 14. The molecule has 4 N–H and O–H groups in total. The number of piperidine rings is 2. The van der Waals surface area contributed by atoms with Crippen LogP contribution in [0.1, 0.15) is 121 Å². The minimum absolute atomic E-state index is 0.00747. The number of nitrogens with one attached hydrogen (secondary N) is 2. The molecule has 12 rings (SSSR count). The number of aromatic nitrogens is 8. The Bertz CT molecular complexity index is 5200. The highest BCUT2D eigenvalue weighted by molar-refractivity contribution is 7.86. The lowest BCUT2D eigenvalue weighted by Crippen LogP contribution is -2.53. The number of halogens is 6. The summed E-state index contributed by atoms with van der Waals surface area (Å²) in [6.07, 6.45) is 7.69. The number of benzene rings is 4. The van der Waals surface area contributed by atoms with Crippen molar-refractivity contribution in [1.82, 2.24) is 68.1 Å². The number of rotatable bonds is 18. The molecule has 0 unspecified atom stereocenters. The molecule has 8 aromatic rings. The first-order valence-electron chi connectivity index (χ1n) is 37.7. The molecule has 4 aliphatic heterocycles. The Morgan fingerprint density at radius 1 is 0.491 bits per heavy atom. The number of carbonyl (C=O) groups is 8. The van der Waals surface area contributed by atoms with E-state index in [4.69, 9.17) is 42.6 Å². The SMILES string of the molecule is Cc1c(-c2ccc(-c3cnc(C(=O)Nc4ccc(C(=O)N5CCN(C(=O)C6CCN(C(=O)OC(C)(C)C)CC6)CC5)c(Cl)c4)n3C)c(F)c2F)cnn1CCN.Cc1c(-c2ccc(-c3cnc(C(=O)Nc4ccc(C(=O)N5CCN(C(=O)C6CCN(C(=O)OC(C)(C)C)CC6)CC5)c(Cl)c4)n3C)c(F)c2F)cnn1CCOS(C)(=O)=O. The zero-order chi connectivity index (χ0) is 84.2. The standard InChI is InChI=1S/C40H47ClF2N8O8S.C39H46ClF2N9O5/c1-24-30(22-45-51(24)19-20-58-60(6,56)57)27-9-10-29(34(43)33(27)42)32-23-44-35(47(32)5)36(52)46-26-7-8-28(31(41)21-26)38(54)49-17-15-48(16-18-49)37(53)25-11-13-50(14-12-25)39(55)59-40(2,3)4;1-23-29(21-45-51(23)15-12-43)26-8-9-28(33(42)32(26)41)31-22-44-34(47(31)5)35(52)46-25-6-7-27(30(40)20-25)37(54)49-18-16-48(17-19-49)36(53)24-10-13-50(14-11-24)38(55)56-39(2,3)4/h7-10,21-23,25H,11-20H2,1-6H3,(H,46,52);6-9,20-22,24H,10-19,43H2,1-5H3,(H,46,52). The number of likely N-dealkylation sites (tertiary alicyclic amines) is 2. The minimum atomic E-state index is -3.66. The third-order valence-corrected chi connectivity index (χ3v) is 21.7. The second kappa shape index (κ2) is 35.8. The molecule has 0 spiro atoms. The Morgan fingerprint density at radius 2 is 0.836 bits per heavy atom. The van der Waals surface area contributed by atoms with Gasteiger partial charge in [-0.2, -0.15) is 18.6 Å². The van der Waals surface area contributed by atoms with Crippen LogP contribution in [0.25, 0.3) is 44.8 Å². The van der Waals surface area contributed by atoms with Crippen LogP contribution in [0, 0.1) is 49.0 Å². The number of ether oxygens (including phenoxy) is 2. The van der Waals surface area contributed by atoms with Crippen LogP contribution in [0.4, 0.5) is 38.5 Å². The Labute approximate surface area is 678 Å². The van der Waals surface area contributed by atoms with Gasteiger partial charge in [-0.05, 0) is 130 Å². The van der Waals surface area contributed by atoms with Gasteiger partial charge in [0, 0.05) is 167 Å². The fourth-order valence-corrected chi connectivity index (χ4v) is 15.1. The van der Waals surface area contributed by atoms with E-state index in [-0.39, 0.29) is 133 Å². The maximum Gasteiger partial charge on any atom is 0.410 e. The summed E-state index contributed by atoms with van der Waals surface area (Å²) in [5, 5.41) is 14.0. The van der Waals surface area contributed by atoms with Crippen molar-refractivity contribution in [2.24, 2.45) is 31.7 Å². The van der Waals surface area contributed by atoms with Gasteiger partial charge in [0.2, 0.25) is 11.8 Å². The third-order valence-electron chi connectivity index (χ3n) is 20.5. The van der Waals surface area contributed by atoms with Gasteiger partial charge in [0.15, 0.2) is 34.9 Å². The van der Waals surface area contributed by atoms with Gasteiger partial charge in [0.1, 0.15) is 11.2 Å². The summed E-state index contributed by atoms with van der Waals surface area (Å²) in [4.78, 5) is 123. The number of amides is 8. The van der Waals surface area contributed by atoms with E-state index in [0.717, 1.165) is 6.26 Å². The van der Waals surface area contributed by atoms with Crippen LogP contribution in [-0.4, -0.2) is 233 Å². The normalized spacial score (nSPS) is 15.3. The lowest BCUT2D eigenvalue weighted by Gasteiger charge is -2.38. The highest BCUT2D eigenvalue weighted by Crippen LogP contribution is 2.37. The van der Waals surface area contributed by atoms with Crippen LogP contribution in [0.2, 0.25) is 10.0 Å². The molecular formula is C79H93Cl2F4N17O13S. The number of imidazole rings is 2. The summed E-state index contributed by atoms with van der Waals surface area (Å²) in [6, 6.07) is 14.6. The number of piperazine rings is 2. The van der Waals surface area contributed by atoms with Crippen LogP contribution in [0.5, 0.6) is 0 Å². The van der Waals surface area contributed by atoms with Gasteiger partial charge in [-0.1, -0.05) is 35.3 Å². The molecule has 116 heavy (non-hydrogen) atoms. The monoisotopic (exact) mass is 1670 g/mol. The average Bonchev–Trinajstić information content (AvgIpc) is 1.65. The quantitative estimate of drug-likeness (QED) is 0.0531. The predicted molar refractivity (Wildman–Crippen MR) is 424 cm³/mol. The van der Waals surface area contributed by atoms with Crippen LogP contribution in [-0.2, 0) is 60.5 Å². The minimum Gasteiger partial charge on any atom is -0.444 e. The number of nitrogens with two attached hydrogens (primary N) is 1. The maximum atomic E-state index is 15.6. The van der Waals surface area contributed by atoms with Gasteiger partial charge in [0.05, 0.1) is 83.3 Å². The van der Waals surface area contributed by atoms with Crippen molar-refractivity contribution in [2.45, 2.75) is 105 Å². The van der Waals surface area contributed by atoms with E-state index in [1.165, 1.54) is 113 Å². The first kappa shape index (κ1) is 86.1. The van der Waals surface area contributed by atoms with E-state index in [0.29, 0.717) is 146 Å². The van der Waals surface area contributed by atoms with Gasteiger partial charge in [0.25, 0.3) is 33.7 Å². The molecule has 4 saturated heterocycles. The summed E-state index contributed by atoms with van der Waals surface area (Å²) in [5.41, 5.74) is 7.37. The third kappa shape index (κ3) is 19.8. The van der Waals surface area contributed by atoms with Crippen molar-refractivity contribution in [3.05, 3.63) is 153 Å². The molecular weight excluding hydrogens is 1570 g/mol. The fraction of sp³-hybridized carbons (Fsp3) is 0.443. The molecule has 37 heteroatoms. The second-order valence-electron chi connectivity index (χ2n) is 30.7. The number of carbonyl (C=O) groups excluding carboxylic acids is 8. The lowest BCUT2D eigenvalue weighted by atomic mass is 9.95. The summed E-state index contributed by atoms with van der Waals surface area (Å²) in [5.74, 6) is -6.98. The van der Waals surface area contributed by atoms with Crippen molar-refractivity contribution in [1.29, 1.82) is 0 Å². The summed E-state index contributed by atoms with van der Waals surface area (Å²) < 4.78 is 106. The molecule has 0 atom stereocenters. The van der Waals surface area contributed by atoms with Gasteiger partial charge in [-0.3, -0.25) is 42.3 Å². The molecule has 4 aromatic carbocycles. The van der Waals surface area contributed by atoms with E-state index < -0.39 is 56.4 Å². The van der Waals surface area contributed by atoms with Crippen LogP contribution >= 0.6 is 23.2 Å². The molecule has 4 aromatic heterocycles. The molecule has 4 fully saturated rings. The van der Waals surface area contributed by atoms with Crippen molar-refractivity contribution in [3.8, 4) is 44.8 Å². The largest absolute Gasteiger partial charge is 0.444 e. The fourth-order valence-electron chi connectivity index (χ4n) is 14.2. The Kier molecular flexibility index (Phi) is 26.6. The number of hydrogen-bond donors (Lipinski definition) is 3. The summed E-state index contributed by atoms with van der Waals surface area (Å²) in [6.45, 7) is 19.4.